The van der Waals surface area contributed by atoms with Gasteiger partial charge < -0.3 is 15.3 Å². The lowest BCUT2D eigenvalue weighted by atomic mass is 10.1. The number of aromatic nitrogens is 2. The van der Waals surface area contributed by atoms with Gasteiger partial charge in [0.25, 0.3) is 0 Å². The average Bonchev–Trinajstić information content (AvgIpc) is 2.50. The molecule has 12 heavy (non-hydrogen) atoms. The van der Waals surface area contributed by atoms with Crippen LogP contribution in [-0.2, 0) is 6.54 Å². The monoisotopic (exact) mass is 171 g/mol. The molecule has 1 atom stereocenters. The minimum Gasteiger partial charge on any atom is -0.421 e. The second-order valence-corrected chi connectivity index (χ2v) is 2.93. The second-order valence-electron chi connectivity index (χ2n) is 2.93. The molecule has 1 heterocycles. The molecule has 5 nitrogen and oxygen atoms in total. The lowest BCUT2D eigenvalue weighted by Crippen LogP contribution is -2.05. The van der Waals surface area contributed by atoms with E-state index in [-0.39, 0.29) is 18.4 Å². The number of aliphatic hydroxyl groups excluding tert-OH is 1. The van der Waals surface area contributed by atoms with Crippen molar-refractivity contribution < 1.29 is 9.52 Å². The van der Waals surface area contributed by atoms with Crippen LogP contribution in [0.1, 0.15) is 31.7 Å². The molecule has 0 fully saturated rings. The first kappa shape index (κ1) is 9.15. The normalized spacial score (nSPS) is 13.8. The Bertz CT molecular complexity index is 247. The molecular weight excluding hydrogens is 158 g/mol. The van der Waals surface area contributed by atoms with Crippen LogP contribution in [0, 0.1) is 5.92 Å². The lowest BCUT2D eigenvalue weighted by Gasteiger charge is -2.08. The van der Waals surface area contributed by atoms with Gasteiger partial charge in [0.15, 0.2) is 0 Å². The van der Waals surface area contributed by atoms with E-state index in [2.05, 4.69) is 10.2 Å². The second kappa shape index (κ2) is 3.64. The lowest BCUT2D eigenvalue weighted by molar-refractivity contribution is 0.0955. The van der Waals surface area contributed by atoms with E-state index in [9.17, 15) is 5.11 Å². The molecule has 68 valence electrons. The number of nitrogens with zero attached hydrogens (tertiary/aromatic N) is 2. The maximum atomic E-state index is 9.47. The van der Waals surface area contributed by atoms with Gasteiger partial charge in [0.05, 0.1) is 6.54 Å². The van der Waals surface area contributed by atoms with Gasteiger partial charge in [-0.2, -0.15) is 0 Å². The topological polar surface area (TPSA) is 85.2 Å². The van der Waals surface area contributed by atoms with E-state index in [4.69, 9.17) is 10.2 Å². The highest BCUT2D eigenvalue weighted by Crippen LogP contribution is 2.19. The highest BCUT2D eigenvalue weighted by molar-refractivity contribution is 4.86. The minimum atomic E-state index is -0.696. The number of nitrogens with two attached hydrogens (primary N) is 1. The summed E-state index contributed by atoms with van der Waals surface area (Å²) in [5.41, 5.74) is 5.26. The Labute approximate surface area is 70.6 Å². The van der Waals surface area contributed by atoms with Crippen molar-refractivity contribution in [2.24, 2.45) is 11.7 Å². The summed E-state index contributed by atoms with van der Waals surface area (Å²) in [7, 11) is 0. The summed E-state index contributed by atoms with van der Waals surface area (Å²) in [5, 5.41) is 16.8. The van der Waals surface area contributed by atoms with Crippen LogP contribution >= 0.6 is 0 Å². The zero-order valence-electron chi connectivity index (χ0n) is 7.19. The number of hydrogen-bond donors (Lipinski definition) is 2. The third-order valence-electron chi connectivity index (χ3n) is 1.54. The first-order chi connectivity index (χ1) is 5.65. The zero-order chi connectivity index (χ0) is 9.14. The highest BCUT2D eigenvalue weighted by atomic mass is 16.4. The molecule has 1 unspecified atom stereocenters. The predicted octanol–water partition coefficient (Wildman–Crippen LogP) is 0.218. The van der Waals surface area contributed by atoms with E-state index in [0.717, 1.165) is 0 Å². The third kappa shape index (κ3) is 1.80. The maximum absolute atomic E-state index is 9.47. The van der Waals surface area contributed by atoms with Gasteiger partial charge in [0.1, 0.15) is 6.10 Å². The summed E-state index contributed by atoms with van der Waals surface area (Å²) in [6.45, 7) is 3.95. The van der Waals surface area contributed by atoms with Crippen LogP contribution in [0.5, 0.6) is 0 Å². The molecule has 1 aromatic rings. The van der Waals surface area contributed by atoms with E-state index in [1.165, 1.54) is 0 Å². The fourth-order valence-electron chi connectivity index (χ4n) is 0.754. The van der Waals surface area contributed by atoms with Crippen LogP contribution in [0.25, 0.3) is 0 Å². The van der Waals surface area contributed by atoms with Crippen molar-refractivity contribution in [2.75, 3.05) is 0 Å². The Kier molecular flexibility index (Phi) is 2.78. The van der Waals surface area contributed by atoms with Gasteiger partial charge in [-0.15, -0.1) is 10.2 Å². The van der Waals surface area contributed by atoms with Gasteiger partial charge in [-0.3, -0.25) is 0 Å². The molecular formula is C7H13N3O2. The van der Waals surface area contributed by atoms with Gasteiger partial charge in [-0.25, -0.2) is 0 Å². The van der Waals surface area contributed by atoms with Crippen molar-refractivity contribution in [3.63, 3.8) is 0 Å². The summed E-state index contributed by atoms with van der Waals surface area (Å²) >= 11 is 0. The fraction of sp³-hybridized carbons (Fsp3) is 0.714. The van der Waals surface area contributed by atoms with Gasteiger partial charge in [0, 0.05) is 0 Å². The Morgan fingerprint density at radius 2 is 2.17 bits per heavy atom. The van der Waals surface area contributed by atoms with Crippen molar-refractivity contribution in [3.8, 4) is 0 Å². The van der Waals surface area contributed by atoms with Crippen LogP contribution in [-0.4, -0.2) is 15.3 Å². The summed E-state index contributed by atoms with van der Waals surface area (Å²) in [6.07, 6.45) is -0.696. The van der Waals surface area contributed by atoms with Crippen LogP contribution in [0.15, 0.2) is 4.42 Å². The van der Waals surface area contributed by atoms with Gasteiger partial charge in [-0.05, 0) is 5.92 Å². The van der Waals surface area contributed by atoms with Gasteiger partial charge in [-0.1, -0.05) is 13.8 Å². The Morgan fingerprint density at radius 3 is 2.58 bits per heavy atom. The van der Waals surface area contributed by atoms with E-state index in [1.807, 2.05) is 13.8 Å². The van der Waals surface area contributed by atoms with E-state index >= 15 is 0 Å². The Morgan fingerprint density at radius 1 is 1.50 bits per heavy atom. The van der Waals surface area contributed by atoms with Crippen molar-refractivity contribution in [1.82, 2.24) is 10.2 Å². The quantitative estimate of drug-likeness (QED) is 0.679. The number of hydrogen-bond acceptors (Lipinski definition) is 5. The van der Waals surface area contributed by atoms with Crippen molar-refractivity contribution in [1.29, 1.82) is 0 Å². The standard InChI is InChI=1S/C7H13N3O2/c1-4(2)6(11)7-10-9-5(3-8)12-7/h4,6,11H,3,8H2,1-2H3. The molecule has 0 saturated carbocycles. The first-order valence-electron chi connectivity index (χ1n) is 3.85. The molecule has 1 rings (SSSR count). The molecule has 0 aliphatic rings. The van der Waals surface area contributed by atoms with Gasteiger partial charge >= 0.3 is 0 Å². The molecule has 0 amide bonds. The van der Waals surface area contributed by atoms with E-state index < -0.39 is 6.10 Å². The first-order valence-corrected chi connectivity index (χ1v) is 3.85. The molecule has 0 radical (unpaired) electrons. The maximum Gasteiger partial charge on any atom is 0.245 e. The van der Waals surface area contributed by atoms with Crippen LogP contribution in [0.2, 0.25) is 0 Å². The third-order valence-corrected chi connectivity index (χ3v) is 1.54. The smallest absolute Gasteiger partial charge is 0.245 e. The summed E-state index contributed by atoms with van der Waals surface area (Å²) in [4.78, 5) is 0. The minimum absolute atomic E-state index is 0.0658. The molecule has 0 saturated heterocycles. The highest BCUT2D eigenvalue weighted by Gasteiger charge is 2.18. The van der Waals surface area contributed by atoms with E-state index in [0.29, 0.717) is 5.89 Å². The number of aliphatic hydroxyl groups is 1. The summed E-state index contributed by atoms with van der Waals surface area (Å²) in [5.74, 6) is 0.659. The Hall–Kier alpha value is -0.940. The molecule has 5 heteroatoms. The molecule has 0 aliphatic carbocycles. The average molecular weight is 171 g/mol. The van der Waals surface area contributed by atoms with Crippen molar-refractivity contribution in [2.45, 2.75) is 26.5 Å². The van der Waals surface area contributed by atoms with Crippen molar-refractivity contribution in [3.05, 3.63) is 11.8 Å². The van der Waals surface area contributed by atoms with Crippen LogP contribution in [0.3, 0.4) is 0 Å². The summed E-state index contributed by atoms with van der Waals surface area (Å²) < 4.78 is 5.06. The molecule has 3 N–H and O–H groups in total. The zero-order valence-corrected chi connectivity index (χ0v) is 7.19. The number of rotatable bonds is 3. The largest absolute Gasteiger partial charge is 0.421 e. The van der Waals surface area contributed by atoms with E-state index in [1.54, 1.807) is 0 Å². The predicted molar refractivity (Wildman–Crippen MR) is 42.0 cm³/mol. The summed E-state index contributed by atoms with van der Waals surface area (Å²) in [6, 6.07) is 0. The van der Waals surface area contributed by atoms with Crippen molar-refractivity contribution >= 4 is 0 Å². The van der Waals surface area contributed by atoms with Crippen LogP contribution < -0.4 is 5.73 Å². The molecule has 0 aliphatic heterocycles. The van der Waals surface area contributed by atoms with Gasteiger partial charge in [0.2, 0.25) is 11.8 Å². The molecule has 1 aromatic heterocycles. The SMILES string of the molecule is CC(C)C(O)c1nnc(CN)o1. The Balaban J connectivity index is 2.74. The molecule has 0 aromatic carbocycles. The molecule has 0 spiro atoms. The molecule has 0 bridgehead atoms. The fourth-order valence-corrected chi connectivity index (χ4v) is 0.754. The van der Waals surface area contributed by atoms with Crippen LogP contribution in [0.4, 0.5) is 0 Å².